The first-order chi connectivity index (χ1) is 9.56. The van der Waals surface area contributed by atoms with Crippen LogP contribution in [0.3, 0.4) is 0 Å². The van der Waals surface area contributed by atoms with Crippen molar-refractivity contribution in [3.63, 3.8) is 0 Å². The minimum absolute atomic E-state index is 0.138. The van der Waals surface area contributed by atoms with Gasteiger partial charge in [0.2, 0.25) is 0 Å². The summed E-state index contributed by atoms with van der Waals surface area (Å²) in [4.78, 5) is 0. The van der Waals surface area contributed by atoms with E-state index in [9.17, 15) is 13.9 Å². The molecular formula is C15H15F2NO2. The Morgan fingerprint density at radius 2 is 1.85 bits per heavy atom. The van der Waals surface area contributed by atoms with Gasteiger partial charge in [0, 0.05) is 17.3 Å². The predicted molar refractivity (Wildman–Crippen MR) is 73.2 cm³/mol. The van der Waals surface area contributed by atoms with E-state index in [1.807, 2.05) is 6.92 Å². The van der Waals surface area contributed by atoms with Crippen LogP contribution in [0.4, 0.5) is 14.5 Å². The van der Waals surface area contributed by atoms with Crippen LogP contribution in [0.15, 0.2) is 48.5 Å². The number of halogens is 2. The van der Waals surface area contributed by atoms with Gasteiger partial charge in [-0.25, -0.2) is 0 Å². The lowest BCUT2D eigenvalue weighted by molar-refractivity contribution is -0.0505. The number of ether oxygens (including phenoxy) is 1. The van der Waals surface area contributed by atoms with Crippen LogP contribution in [0.1, 0.15) is 18.5 Å². The highest BCUT2D eigenvalue weighted by atomic mass is 19.3. The molecule has 2 aromatic rings. The van der Waals surface area contributed by atoms with Gasteiger partial charge in [-0.15, -0.1) is 0 Å². The maximum absolute atomic E-state index is 12.4. The molecule has 3 nitrogen and oxygen atoms in total. The number of phenolic OH excluding ortho intramolecular Hbond substituents is 1. The largest absolute Gasteiger partial charge is 0.508 e. The molecule has 0 aromatic heterocycles. The standard InChI is InChI=1S/C15H15F2NO2/c1-10(18-11-5-4-6-12(19)9-11)13-7-2-3-8-14(13)20-15(16)17/h2-10,15,18-19H,1H3. The number of para-hydroxylation sites is 1. The molecule has 0 heterocycles. The molecule has 0 saturated carbocycles. The SMILES string of the molecule is CC(Nc1cccc(O)c1)c1ccccc1OC(F)F. The first-order valence-corrected chi connectivity index (χ1v) is 6.15. The van der Waals surface area contributed by atoms with Crippen LogP contribution < -0.4 is 10.1 Å². The zero-order chi connectivity index (χ0) is 14.5. The van der Waals surface area contributed by atoms with Crippen molar-refractivity contribution >= 4 is 5.69 Å². The number of anilines is 1. The average molecular weight is 279 g/mol. The third kappa shape index (κ3) is 3.60. The van der Waals surface area contributed by atoms with Crippen LogP contribution >= 0.6 is 0 Å². The summed E-state index contributed by atoms with van der Waals surface area (Å²) in [7, 11) is 0. The summed E-state index contributed by atoms with van der Waals surface area (Å²) in [6.07, 6.45) is 0. The molecule has 2 N–H and O–H groups in total. The summed E-state index contributed by atoms with van der Waals surface area (Å²) in [6, 6.07) is 13.0. The molecule has 1 unspecified atom stereocenters. The third-order valence-corrected chi connectivity index (χ3v) is 2.83. The van der Waals surface area contributed by atoms with Gasteiger partial charge in [0.05, 0.1) is 6.04 Å². The van der Waals surface area contributed by atoms with Crippen LogP contribution in [-0.4, -0.2) is 11.7 Å². The van der Waals surface area contributed by atoms with Crippen LogP contribution in [0, 0.1) is 0 Å². The van der Waals surface area contributed by atoms with Gasteiger partial charge in [-0.2, -0.15) is 8.78 Å². The van der Waals surface area contributed by atoms with Gasteiger partial charge >= 0.3 is 6.61 Å². The minimum Gasteiger partial charge on any atom is -0.508 e. The Labute approximate surface area is 115 Å². The molecule has 106 valence electrons. The molecule has 20 heavy (non-hydrogen) atoms. The van der Waals surface area contributed by atoms with Crippen molar-refractivity contribution in [2.45, 2.75) is 19.6 Å². The van der Waals surface area contributed by atoms with E-state index in [1.165, 1.54) is 6.07 Å². The summed E-state index contributed by atoms with van der Waals surface area (Å²) < 4.78 is 29.2. The average Bonchev–Trinajstić information content (AvgIpc) is 2.38. The smallest absolute Gasteiger partial charge is 0.387 e. The van der Waals surface area contributed by atoms with Gasteiger partial charge in [-0.1, -0.05) is 24.3 Å². The molecule has 0 bridgehead atoms. The van der Waals surface area contributed by atoms with Crippen LogP contribution in [0.5, 0.6) is 11.5 Å². The predicted octanol–water partition coefficient (Wildman–Crippen LogP) is 4.17. The molecule has 0 aliphatic heterocycles. The molecule has 0 fully saturated rings. The Bertz CT molecular complexity index is 575. The first kappa shape index (κ1) is 14.1. The normalized spacial score (nSPS) is 12.2. The topological polar surface area (TPSA) is 41.5 Å². The molecule has 2 aromatic carbocycles. The van der Waals surface area contributed by atoms with Gasteiger partial charge in [0.25, 0.3) is 0 Å². The highest BCUT2D eigenvalue weighted by molar-refractivity contribution is 5.50. The van der Waals surface area contributed by atoms with E-state index >= 15 is 0 Å². The fourth-order valence-electron chi connectivity index (χ4n) is 1.97. The van der Waals surface area contributed by atoms with Gasteiger partial charge in [0.15, 0.2) is 0 Å². The maximum atomic E-state index is 12.4. The Balaban J connectivity index is 2.18. The third-order valence-electron chi connectivity index (χ3n) is 2.83. The highest BCUT2D eigenvalue weighted by Crippen LogP contribution is 2.29. The second-order valence-electron chi connectivity index (χ2n) is 4.33. The van der Waals surface area contributed by atoms with Crippen molar-refractivity contribution in [3.05, 3.63) is 54.1 Å². The number of nitrogens with one attached hydrogen (secondary N) is 1. The van der Waals surface area contributed by atoms with Crippen molar-refractivity contribution in [1.29, 1.82) is 0 Å². The van der Waals surface area contributed by atoms with Gasteiger partial charge in [-0.3, -0.25) is 0 Å². The molecule has 5 heteroatoms. The fraction of sp³-hybridized carbons (Fsp3) is 0.200. The number of hydrogen-bond acceptors (Lipinski definition) is 3. The molecule has 0 radical (unpaired) electrons. The Morgan fingerprint density at radius 3 is 2.55 bits per heavy atom. The first-order valence-electron chi connectivity index (χ1n) is 6.15. The Kier molecular flexibility index (Phi) is 4.40. The lowest BCUT2D eigenvalue weighted by atomic mass is 10.1. The molecule has 1 atom stereocenters. The molecule has 0 aliphatic carbocycles. The summed E-state index contributed by atoms with van der Waals surface area (Å²) in [5, 5.41) is 12.5. The number of benzene rings is 2. The highest BCUT2D eigenvalue weighted by Gasteiger charge is 2.14. The van der Waals surface area contributed by atoms with Crippen molar-refractivity contribution < 1.29 is 18.6 Å². The Morgan fingerprint density at radius 1 is 1.10 bits per heavy atom. The molecule has 0 spiro atoms. The second-order valence-corrected chi connectivity index (χ2v) is 4.33. The summed E-state index contributed by atoms with van der Waals surface area (Å²) in [6.45, 7) is -1.03. The van der Waals surface area contributed by atoms with Crippen LogP contribution in [-0.2, 0) is 0 Å². The lowest BCUT2D eigenvalue weighted by Gasteiger charge is -2.19. The van der Waals surface area contributed by atoms with Crippen molar-refractivity contribution in [1.82, 2.24) is 0 Å². The number of aromatic hydroxyl groups is 1. The van der Waals surface area contributed by atoms with E-state index in [1.54, 1.807) is 42.5 Å². The van der Waals surface area contributed by atoms with E-state index in [-0.39, 0.29) is 17.5 Å². The van der Waals surface area contributed by atoms with E-state index in [0.29, 0.717) is 11.3 Å². The molecular weight excluding hydrogens is 264 g/mol. The van der Waals surface area contributed by atoms with E-state index in [2.05, 4.69) is 10.1 Å². The van der Waals surface area contributed by atoms with Crippen LogP contribution in [0.2, 0.25) is 0 Å². The Hall–Kier alpha value is -2.30. The molecule has 0 amide bonds. The summed E-state index contributed by atoms with van der Waals surface area (Å²) in [5.74, 6) is 0.280. The zero-order valence-electron chi connectivity index (χ0n) is 10.9. The number of alkyl halides is 2. The van der Waals surface area contributed by atoms with Gasteiger partial charge < -0.3 is 15.2 Å². The fourth-order valence-corrected chi connectivity index (χ4v) is 1.97. The van der Waals surface area contributed by atoms with Crippen molar-refractivity contribution in [2.75, 3.05) is 5.32 Å². The monoisotopic (exact) mass is 279 g/mol. The quantitative estimate of drug-likeness (QED) is 0.863. The summed E-state index contributed by atoms with van der Waals surface area (Å²) in [5.41, 5.74) is 1.32. The van der Waals surface area contributed by atoms with Crippen LogP contribution in [0.25, 0.3) is 0 Å². The summed E-state index contributed by atoms with van der Waals surface area (Å²) >= 11 is 0. The van der Waals surface area contributed by atoms with Gasteiger partial charge in [-0.05, 0) is 25.1 Å². The van der Waals surface area contributed by atoms with E-state index in [0.717, 1.165) is 0 Å². The maximum Gasteiger partial charge on any atom is 0.387 e. The molecule has 2 rings (SSSR count). The van der Waals surface area contributed by atoms with Crippen molar-refractivity contribution in [3.8, 4) is 11.5 Å². The lowest BCUT2D eigenvalue weighted by Crippen LogP contribution is -2.10. The molecule has 0 saturated heterocycles. The second kappa shape index (κ2) is 6.23. The van der Waals surface area contributed by atoms with Gasteiger partial charge in [0.1, 0.15) is 11.5 Å². The van der Waals surface area contributed by atoms with E-state index in [4.69, 9.17) is 0 Å². The van der Waals surface area contributed by atoms with Crippen molar-refractivity contribution in [2.24, 2.45) is 0 Å². The molecule has 0 aliphatic rings. The minimum atomic E-state index is -2.86. The number of phenols is 1. The number of rotatable bonds is 5. The van der Waals surface area contributed by atoms with E-state index < -0.39 is 6.61 Å². The zero-order valence-corrected chi connectivity index (χ0v) is 10.9. The number of hydrogen-bond donors (Lipinski definition) is 2.